The predicted octanol–water partition coefficient (Wildman–Crippen LogP) is 4.50. The van der Waals surface area contributed by atoms with Crippen molar-refractivity contribution in [2.75, 3.05) is 0 Å². The van der Waals surface area contributed by atoms with Gasteiger partial charge in [0.15, 0.2) is 0 Å². The van der Waals surface area contributed by atoms with E-state index in [-0.39, 0.29) is 10.9 Å². The van der Waals surface area contributed by atoms with Crippen LogP contribution >= 0.6 is 0 Å². The summed E-state index contributed by atoms with van der Waals surface area (Å²) in [5.41, 5.74) is 3.24. The van der Waals surface area contributed by atoms with Gasteiger partial charge in [-0.25, -0.2) is 13.1 Å². The Labute approximate surface area is 143 Å². The normalized spacial score (nSPS) is 13.1. The average Bonchev–Trinajstić information content (AvgIpc) is 2.53. The molecule has 0 bridgehead atoms. The summed E-state index contributed by atoms with van der Waals surface area (Å²) in [4.78, 5) is 0.290. The van der Waals surface area contributed by atoms with E-state index in [1.807, 2.05) is 63.2 Å². The van der Waals surface area contributed by atoms with Crippen LogP contribution in [0.1, 0.15) is 29.7 Å². The van der Waals surface area contributed by atoms with Gasteiger partial charge in [0.1, 0.15) is 0 Å². The first-order valence-electron chi connectivity index (χ1n) is 7.95. The van der Waals surface area contributed by atoms with Crippen LogP contribution in [0, 0.1) is 13.8 Å². The Morgan fingerprint density at radius 3 is 2.29 bits per heavy atom. The number of benzene rings is 3. The third kappa shape index (κ3) is 3.35. The molecular formula is C20H21NO2S. The average molecular weight is 339 g/mol. The third-order valence-electron chi connectivity index (χ3n) is 4.25. The number of aryl methyl sites for hydroxylation is 2. The molecule has 0 aliphatic carbocycles. The molecular weight excluding hydrogens is 318 g/mol. The lowest BCUT2D eigenvalue weighted by Gasteiger charge is -2.17. The summed E-state index contributed by atoms with van der Waals surface area (Å²) in [6, 6.07) is 18.7. The highest BCUT2D eigenvalue weighted by atomic mass is 32.2. The molecule has 0 aliphatic heterocycles. The Bertz CT molecular complexity index is 993. The molecule has 0 aliphatic rings. The van der Waals surface area contributed by atoms with Crippen LogP contribution in [0.5, 0.6) is 0 Å². The Hall–Kier alpha value is -2.17. The van der Waals surface area contributed by atoms with E-state index in [0.29, 0.717) is 0 Å². The zero-order chi connectivity index (χ0) is 17.3. The van der Waals surface area contributed by atoms with Crippen molar-refractivity contribution >= 4 is 20.8 Å². The van der Waals surface area contributed by atoms with Crippen LogP contribution in [0.15, 0.2) is 65.6 Å². The zero-order valence-electron chi connectivity index (χ0n) is 14.1. The van der Waals surface area contributed by atoms with E-state index in [1.165, 1.54) is 5.56 Å². The number of nitrogens with one attached hydrogen (secondary N) is 1. The van der Waals surface area contributed by atoms with E-state index in [2.05, 4.69) is 10.8 Å². The second-order valence-corrected chi connectivity index (χ2v) is 7.93. The van der Waals surface area contributed by atoms with Gasteiger partial charge in [-0.1, -0.05) is 54.1 Å². The van der Waals surface area contributed by atoms with E-state index < -0.39 is 10.0 Å². The van der Waals surface area contributed by atoms with E-state index >= 15 is 0 Å². The topological polar surface area (TPSA) is 46.2 Å². The first kappa shape index (κ1) is 16.7. The molecule has 1 atom stereocenters. The van der Waals surface area contributed by atoms with Crippen molar-refractivity contribution < 1.29 is 8.42 Å². The highest BCUT2D eigenvalue weighted by Gasteiger charge is 2.19. The van der Waals surface area contributed by atoms with Crippen molar-refractivity contribution in [3.05, 3.63) is 77.4 Å². The van der Waals surface area contributed by atoms with Gasteiger partial charge in [0.05, 0.1) is 4.90 Å². The molecule has 0 amide bonds. The minimum absolute atomic E-state index is 0.290. The molecule has 0 spiro atoms. The van der Waals surface area contributed by atoms with Crippen molar-refractivity contribution in [1.29, 1.82) is 0 Å². The van der Waals surface area contributed by atoms with E-state index in [9.17, 15) is 8.42 Å². The molecule has 1 N–H and O–H groups in total. The van der Waals surface area contributed by atoms with E-state index in [4.69, 9.17) is 0 Å². The Morgan fingerprint density at radius 2 is 1.58 bits per heavy atom. The van der Waals surface area contributed by atoms with Crippen LogP contribution < -0.4 is 4.72 Å². The van der Waals surface area contributed by atoms with E-state index in [1.54, 1.807) is 12.1 Å². The summed E-state index contributed by atoms with van der Waals surface area (Å²) in [5, 5.41) is 1.94. The minimum Gasteiger partial charge on any atom is -0.207 e. The van der Waals surface area contributed by atoms with Crippen LogP contribution in [0.2, 0.25) is 0 Å². The van der Waals surface area contributed by atoms with Gasteiger partial charge in [-0.05, 0) is 54.8 Å². The van der Waals surface area contributed by atoms with E-state index in [0.717, 1.165) is 21.9 Å². The molecule has 3 aromatic carbocycles. The van der Waals surface area contributed by atoms with Crippen molar-refractivity contribution in [3.8, 4) is 0 Å². The largest absolute Gasteiger partial charge is 0.241 e. The molecule has 4 heteroatoms. The maximum Gasteiger partial charge on any atom is 0.241 e. The summed E-state index contributed by atoms with van der Waals surface area (Å²) < 4.78 is 28.2. The maximum absolute atomic E-state index is 12.7. The van der Waals surface area contributed by atoms with Gasteiger partial charge in [-0.3, -0.25) is 0 Å². The molecule has 24 heavy (non-hydrogen) atoms. The van der Waals surface area contributed by atoms with Crippen molar-refractivity contribution in [2.45, 2.75) is 31.7 Å². The number of hydrogen-bond donors (Lipinski definition) is 1. The van der Waals surface area contributed by atoms with Crippen LogP contribution in [-0.2, 0) is 10.0 Å². The molecule has 124 valence electrons. The maximum atomic E-state index is 12.7. The number of hydrogen-bond acceptors (Lipinski definition) is 2. The smallest absolute Gasteiger partial charge is 0.207 e. The fourth-order valence-electron chi connectivity index (χ4n) is 3.01. The molecule has 0 saturated carbocycles. The van der Waals surface area contributed by atoms with Crippen molar-refractivity contribution in [3.63, 3.8) is 0 Å². The summed E-state index contributed by atoms with van der Waals surface area (Å²) in [6.45, 7) is 5.90. The van der Waals surface area contributed by atoms with Gasteiger partial charge in [0.2, 0.25) is 10.0 Å². The SMILES string of the molecule is Cc1ccc(C(C)NS(=O)(=O)c2ccc3ccccc3c2)c(C)c1. The molecule has 0 heterocycles. The highest BCUT2D eigenvalue weighted by Crippen LogP contribution is 2.23. The lowest BCUT2D eigenvalue weighted by Crippen LogP contribution is -2.27. The summed E-state index contributed by atoms with van der Waals surface area (Å²) in [7, 11) is -3.58. The van der Waals surface area contributed by atoms with Gasteiger partial charge in [-0.2, -0.15) is 0 Å². The molecule has 0 radical (unpaired) electrons. The van der Waals surface area contributed by atoms with Crippen LogP contribution in [0.4, 0.5) is 0 Å². The summed E-state index contributed by atoms with van der Waals surface area (Å²) in [6.07, 6.45) is 0. The fraction of sp³-hybridized carbons (Fsp3) is 0.200. The standard InChI is InChI=1S/C20H21NO2S/c1-14-8-11-20(15(2)12-14)16(3)21-24(22,23)19-10-9-17-6-4-5-7-18(17)13-19/h4-13,16,21H,1-3H3. The second-order valence-electron chi connectivity index (χ2n) is 6.21. The Morgan fingerprint density at radius 1 is 0.875 bits per heavy atom. The number of rotatable bonds is 4. The molecule has 3 aromatic rings. The third-order valence-corrected chi connectivity index (χ3v) is 5.79. The Kier molecular flexibility index (Phi) is 4.43. The summed E-state index contributed by atoms with van der Waals surface area (Å²) >= 11 is 0. The molecule has 0 fully saturated rings. The van der Waals surface area contributed by atoms with Crippen LogP contribution in [0.25, 0.3) is 10.8 Å². The van der Waals surface area contributed by atoms with Crippen LogP contribution in [-0.4, -0.2) is 8.42 Å². The van der Waals surface area contributed by atoms with Gasteiger partial charge in [0, 0.05) is 6.04 Å². The van der Waals surface area contributed by atoms with Crippen molar-refractivity contribution in [2.24, 2.45) is 0 Å². The minimum atomic E-state index is -3.58. The van der Waals surface area contributed by atoms with Crippen LogP contribution in [0.3, 0.4) is 0 Å². The van der Waals surface area contributed by atoms with Crippen molar-refractivity contribution in [1.82, 2.24) is 4.72 Å². The monoisotopic (exact) mass is 339 g/mol. The number of fused-ring (bicyclic) bond motifs is 1. The lowest BCUT2D eigenvalue weighted by atomic mass is 10.0. The van der Waals surface area contributed by atoms with Gasteiger partial charge in [0.25, 0.3) is 0 Å². The lowest BCUT2D eigenvalue weighted by molar-refractivity contribution is 0.566. The summed E-state index contributed by atoms with van der Waals surface area (Å²) in [5.74, 6) is 0. The zero-order valence-corrected chi connectivity index (χ0v) is 14.9. The first-order valence-corrected chi connectivity index (χ1v) is 9.43. The van der Waals surface area contributed by atoms with Gasteiger partial charge < -0.3 is 0 Å². The molecule has 0 saturated heterocycles. The molecule has 1 unspecified atom stereocenters. The molecule has 0 aromatic heterocycles. The van der Waals surface area contributed by atoms with Gasteiger partial charge in [-0.15, -0.1) is 0 Å². The fourth-order valence-corrected chi connectivity index (χ4v) is 4.27. The second kappa shape index (κ2) is 6.38. The highest BCUT2D eigenvalue weighted by molar-refractivity contribution is 7.89. The first-order chi connectivity index (χ1) is 11.4. The quantitative estimate of drug-likeness (QED) is 0.761. The predicted molar refractivity (Wildman–Crippen MR) is 98.6 cm³/mol. The Balaban J connectivity index is 1.91. The van der Waals surface area contributed by atoms with Gasteiger partial charge >= 0.3 is 0 Å². The number of sulfonamides is 1. The molecule has 3 nitrogen and oxygen atoms in total. The molecule has 3 rings (SSSR count).